The Labute approximate surface area is 160 Å². The zero-order valence-corrected chi connectivity index (χ0v) is 15.5. The van der Waals surface area contributed by atoms with Gasteiger partial charge in [-0.2, -0.15) is 0 Å². The van der Waals surface area contributed by atoms with E-state index in [4.69, 9.17) is 4.74 Å². The summed E-state index contributed by atoms with van der Waals surface area (Å²) >= 11 is 0. The molecule has 0 spiro atoms. The van der Waals surface area contributed by atoms with Gasteiger partial charge in [0.05, 0.1) is 6.10 Å². The van der Waals surface area contributed by atoms with Crippen molar-refractivity contribution in [2.45, 2.75) is 71.9 Å². The second kappa shape index (κ2) is 6.59. The third kappa shape index (κ3) is 2.94. The lowest BCUT2D eigenvalue weighted by atomic mass is 9.59. The number of rotatable bonds is 4. The van der Waals surface area contributed by atoms with E-state index in [0.29, 0.717) is 29.7 Å². The highest BCUT2D eigenvalue weighted by Crippen LogP contribution is 2.54. The second-order valence-electron chi connectivity index (χ2n) is 8.60. The average molecular weight is 370 g/mol. The lowest BCUT2D eigenvalue weighted by molar-refractivity contribution is -0.125. The van der Waals surface area contributed by atoms with Gasteiger partial charge in [0, 0.05) is 24.8 Å². The van der Waals surface area contributed by atoms with Crippen LogP contribution in [0.5, 0.6) is 0 Å². The second-order valence-corrected chi connectivity index (χ2v) is 8.60. The molecule has 6 nitrogen and oxygen atoms in total. The van der Waals surface area contributed by atoms with Crippen molar-refractivity contribution in [3.63, 3.8) is 0 Å². The number of nitrogens with one attached hydrogen (secondary N) is 1. The van der Waals surface area contributed by atoms with Crippen molar-refractivity contribution < 1.29 is 9.53 Å². The molecule has 1 amide bonds. The van der Waals surface area contributed by atoms with E-state index >= 15 is 0 Å². The van der Waals surface area contributed by atoms with Gasteiger partial charge >= 0.3 is 0 Å². The topological polar surface area (TPSA) is 69.0 Å². The van der Waals surface area contributed by atoms with Crippen molar-refractivity contribution in [2.75, 3.05) is 11.9 Å². The van der Waals surface area contributed by atoms with Crippen LogP contribution in [0.2, 0.25) is 0 Å². The van der Waals surface area contributed by atoms with Crippen LogP contribution < -0.4 is 5.32 Å². The van der Waals surface area contributed by atoms with Crippen LogP contribution >= 0.6 is 0 Å². The van der Waals surface area contributed by atoms with Crippen molar-refractivity contribution in [3.8, 4) is 0 Å². The van der Waals surface area contributed by atoms with Crippen LogP contribution in [0.3, 0.4) is 0 Å². The molecular formula is C21H30N4O2. The number of hydrogen-bond acceptors (Lipinski definition) is 4. The molecular weight excluding hydrogens is 340 g/mol. The molecule has 2 aliphatic carbocycles. The van der Waals surface area contributed by atoms with Gasteiger partial charge in [-0.05, 0) is 62.5 Å². The molecule has 3 heterocycles. The van der Waals surface area contributed by atoms with Crippen LogP contribution in [0.4, 0.5) is 5.95 Å². The lowest BCUT2D eigenvalue weighted by Gasteiger charge is -2.47. The van der Waals surface area contributed by atoms with E-state index in [2.05, 4.69) is 26.8 Å². The van der Waals surface area contributed by atoms with Gasteiger partial charge in [-0.25, -0.2) is 9.97 Å². The standard InChI is InChI=1S/C20H26N4O2.CH4/c1-12-6-7-15-18(21-12)24(14-4-3-5-14)19(22-15)23-16(25)10-13-11-20(2)8-9-26-17(13)20;/h6-7,13-14,17H,3-5,8-11H2,1-2H3,(H,22,23,25);1H4/t13?,17-,20+;/m1./s1. The molecule has 3 atom stereocenters. The largest absolute Gasteiger partial charge is 0.377 e. The molecule has 0 aromatic carbocycles. The third-order valence-corrected chi connectivity index (χ3v) is 6.63. The Kier molecular flexibility index (Phi) is 4.49. The molecule has 5 rings (SSSR count). The first-order valence-electron chi connectivity index (χ1n) is 9.80. The summed E-state index contributed by atoms with van der Waals surface area (Å²) < 4.78 is 8.00. The fourth-order valence-corrected chi connectivity index (χ4v) is 4.97. The molecule has 1 unspecified atom stereocenters. The SMILES string of the molecule is C.Cc1ccc2nc(NC(=O)CC3C[C@]4(C)CCO[C@H]34)n(C3CCC3)c2n1. The zero-order valence-electron chi connectivity index (χ0n) is 15.5. The number of carbonyl (C=O) groups excluding carboxylic acids is 1. The van der Waals surface area contributed by atoms with E-state index < -0.39 is 0 Å². The first kappa shape index (κ1) is 18.4. The number of amides is 1. The number of anilines is 1. The molecule has 0 radical (unpaired) electrons. The minimum absolute atomic E-state index is 0. The Bertz CT molecular complexity index is 872. The highest BCUT2D eigenvalue weighted by atomic mass is 16.5. The molecule has 1 saturated heterocycles. The van der Waals surface area contributed by atoms with Gasteiger partial charge in [-0.15, -0.1) is 0 Å². The van der Waals surface area contributed by atoms with E-state index in [1.807, 2.05) is 19.1 Å². The number of aryl methyl sites for hydroxylation is 1. The average Bonchev–Trinajstić information content (AvgIpc) is 3.02. The summed E-state index contributed by atoms with van der Waals surface area (Å²) in [6, 6.07) is 4.36. The molecule has 0 bridgehead atoms. The smallest absolute Gasteiger partial charge is 0.227 e. The van der Waals surface area contributed by atoms with Crippen molar-refractivity contribution in [1.82, 2.24) is 14.5 Å². The number of imidazole rings is 1. The highest BCUT2D eigenvalue weighted by Gasteiger charge is 2.54. The fourth-order valence-electron chi connectivity index (χ4n) is 4.97. The van der Waals surface area contributed by atoms with Crippen LogP contribution in [0.1, 0.15) is 64.6 Å². The summed E-state index contributed by atoms with van der Waals surface area (Å²) in [5, 5.41) is 3.08. The summed E-state index contributed by atoms with van der Waals surface area (Å²) in [4.78, 5) is 22.0. The van der Waals surface area contributed by atoms with Crippen molar-refractivity contribution in [2.24, 2.45) is 11.3 Å². The van der Waals surface area contributed by atoms with E-state index in [9.17, 15) is 4.79 Å². The summed E-state index contributed by atoms with van der Waals surface area (Å²) in [5.41, 5.74) is 3.02. The molecule has 3 aliphatic rings. The molecule has 1 aliphatic heterocycles. The van der Waals surface area contributed by atoms with Crippen molar-refractivity contribution in [3.05, 3.63) is 17.8 Å². The molecule has 6 heteroatoms. The lowest BCUT2D eigenvalue weighted by Crippen LogP contribution is -2.48. The Morgan fingerprint density at radius 3 is 2.89 bits per heavy atom. The van der Waals surface area contributed by atoms with Crippen LogP contribution in [0.25, 0.3) is 11.2 Å². The van der Waals surface area contributed by atoms with E-state index in [1.165, 1.54) is 6.42 Å². The predicted octanol–water partition coefficient (Wildman–Crippen LogP) is 4.24. The van der Waals surface area contributed by atoms with E-state index in [-0.39, 0.29) is 19.4 Å². The third-order valence-electron chi connectivity index (χ3n) is 6.63. The molecule has 27 heavy (non-hydrogen) atoms. The Balaban J connectivity index is 0.00000180. The van der Waals surface area contributed by atoms with Gasteiger partial charge < -0.3 is 4.74 Å². The van der Waals surface area contributed by atoms with E-state index in [1.54, 1.807) is 0 Å². The quantitative estimate of drug-likeness (QED) is 0.874. The Morgan fingerprint density at radius 1 is 1.37 bits per heavy atom. The van der Waals surface area contributed by atoms with Crippen molar-refractivity contribution >= 4 is 23.0 Å². The minimum atomic E-state index is 0. The van der Waals surface area contributed by atoms with Crippen molar-refractivity contribution in [1.29, 1.82) is 0 Å². The predicted molar refractivity (Wildman–Crippen MR) is 106 cm³/mol. The van der Waals surface area contributed by atoms with Gasteiger partial charge in [0.2, 0.25) is 11.9 Å². The first-order valence-corrected chi connectivity index (χ1v) is 9.80. The number of nitrogens with zero attached hydrogens (tertiary/aromatic N) is 3. The van der Waals surface area contributed by atoms with Crippen LogP contribution in [-0.4, -0.2) is 33.2 Å². The van der Waals surface area contributed by atoms with Gasteiger partial charge in [0.25, 0.3) is 0 Å². The monoisotopic (exact) mass is 370 g/mol. The van der Waals surface area contributed by atoms with Crippen LogP contribution in [-0.2, 0) is 9.53 Å². The maximum Gasteiger partial charge on any atom is 0.227 e. The number of ether oxygens (including phenoxy) is 1. The maximum atomic E-state index is 12.7. The van der Waals surface area contributed by atoms with Crippen LogP contribution in [0, 0.1) is 18.3 Å². The number of hydrogen-bond donors (Lipinski definition) is 1. The molecule has 1 N–H and O–H groups in total. The number of pyridine rings is 1. The minimum Gasteiger partial charge on any atom is -0.377 e. The Morgan fingerprint density at radius 2 is 2.19 bits per heavy atom. The number of carbonyl (C=O) groups is 1. The maximum absolute atomic E-state index is 12.7. The van der Waals surface area contributed by atoms with Gasteiger partial charge in [0.1, 0.15) is 5.52 Å². The zero-order chi connectivity index (χ0) is 17.9. The number of fused-ring (bicyclic) bond motifs is 2. The highest BCUT2D eigenvalue weighted by molar-refractivity contribution is 5.91. The Hall–Kier alpha value is -1.95. The number of aromatic nitrogens is 3. The summed E-state index contributed by atoms with van der Waals surface area (Å²) in [7, 11) is 0. The van der Waals surface area contributed by atoms with Gasteiger partial charge in [0.15, 0.2) is 5.65 Å². The van der Waals surface area contributed by atoms with Crippen LogP contribution in [0.15, 0.2) is 12.1 Å². The normalized spacial score (nSPS) is 29.6. The summed E-state index contributed by atoms with van der Waals surface area (Å²) in [6.07, 6.45) is 6.46. The first-order chi connectivity index (χ1) is 12.5. The molecule has 2 saturated carbocycles. The molecule has 2 aromatic heterocycles. The molecule has 2 aromatic rings. The molecule has 146 valence electrons. The van der Waals surface area contributed by atoms with Gasteiger partial charge in [-0.3, -0.25) is 14.7 Å². The summed E-state index contributed by atoms with van der Waals surface area (Å²) in [6.45, 7) is 5.11. The fraction of sp³-hybridized carbons (Fsp3) is 0.667. The van der Waals surface area contributed by atoms with E-state index in [0.717, 1.165) is 49.1 Å². The van der Waals surface area contributed by atoms with Gasteiger partial charge in [-0.1, -0.05) is 14.4 Å². The summed E-state index contributed by atoms with van der Waals surface area (Å²) in [5.74, 6) is 1.03. The molecule has 3 fully saturated rings.